The molecule has 0 radical (unpaired) electrons. The maximum absolute atomic E-state index is 5.41. The van der Waals surface area contributed by atoms with Crippen LogP contribution in [0.4, 0.5) is 5.82 Å². The number of benzene rings is 1. The average Bonchev–Trinajstić information content (AvgIpc) is 3.10. The number of nitrogens with zero attached hydrogens (tertiary/aromatic N) is 2. The van der Waals surface area contributed by atoms with Gasteiger partial charge in [0.25, 0.3) is 0 Å². The van der Waals surface area contributed by atoms with Crippen molar-refractivity contribution in [1.82, 2.24) is 10.1 Å². The lowest BCUT2D eigenvalue weighted by Crippen LogP contribution is -2.34. The maximum Gasteiger partial charge on any atom is 0.161 e. The minimum Gasteiger partial charge on any atom is -0.493 e. The summed E-state index contributed by atoms with van der Waals surface area (Å²) in [7, 11) is 3.28. The molecule has 2 aromatic heterocycles. The number of ether oxygens (including phenoxy) is 2. The van der Waals surface area contributed by atoms with Gasteiger partial charge in [-0.15, -0.1) is 0 Å². The van der Waals surface area contributed by atoms with Gasteiger partial charge in [-0.05, 0) is 36.4 Å². The third-order valence-electron chi connectivity index (χ3n) is 4.62. The Kier molecular flexibility index (Phi) is 3.72. The zero-order valence-electron chi connectivity index (χ0n) is 13.7. The molecule has 1 fully saturated rings. The van der Waals surface area contributed by atoms with Gasteiger partial charge in [-0.25, -0.2) is 4.98 Å². The molecular weight excluding hydrogens is 306 g/mol. The normalized spacial score (nSPS) is 19.8. The first-order valence-electron chi connectivity index (χ1n) is 7.96. The van der Waals surface area contributed by atoms with E-state index in [1.165, 1.54) is 0 Å². The fourth-order valence-electron chi connectivity index (χ4n) is 3.22. The molecule has 3 aromatic rings. The molecule has 0 saturated heterocycles. The molecule has 1 aliphatic carbocycles. The van der Waals surface area contributed by atoms with E-state index in [-0.39, 0.29) is 0 Å². The number of fused-ring (bicyclic) bond motifs is 1. The van der Waals surface area contributed by atoms with Crippen LogP contribution >= 0.6 is 0 Å². The lowest BCUT2D eigenvalue weighted by molar-refractivity contribution is 0.339. The molecular formula is C18H19N3O3. The number of pyridine rings is 1. The Morgan fingerprint density at radius 1 is 1.12 bits per heavy atom. The molecule has 1 saturated carbocycles. The molecule has 0 unspecified atom stereocenters. The van der Waals surface area contributed by atoms with Crippen molar-refractivity contribution in [2.24, 2.45) is 0 Å². The molecule has 1 N–H and O–H groups in total. The molecule has 24 heavy (non-hydrogen) atoms. The number of anilines is 1. The van der Waals surface area contributed by atoms with Gasteiger partial charge in [0, 0.05) is 29.6 Å². The second-order valence-corrected chi connectivity index (χ2v) is 6.02. The minimum absolute atomic E-state index is 0.387. The van der Waals surface area contributed by atoms with E-state index in [1.54, 1.807) is 20.5 Å². The first-order chi connectivity index (χ1) is 11.8. The SMILES string of the molecule is COc1cc2ccnc(NC3CC(c4ccon4)C3)c2cc1OC. The van der Waals surface area contributed by atoms with Gasteiger partial charge in [0.15, 0.2) is 11.5 Å². The summed E-state index contributed by atoms with van der Waals surface area (Å²) in [5, 5.41) is 9.65. The van der Waals surface area contributed by atoms with Crippen LogP contribution in [0.25, 0.3) is 10.8 Å². The second kappa shape index (κ2) is 6.03. The van der Waals surface area contributed by atoms with E-state index in [9.17, 15) is 0 Å². The maximum atomic E-state index is 5.41. The molecule has 4 rings (SSSR count). The van der Waals surface area contributed by atoms with Gasteiger partial charge in [0.2, 0.25) is 0 Å². The van der Waals surface area contributed by atoms with E-state index in [4.69, 9.17) is 14.0 Å². The highest BCUT2D eigenvalue weighted by Gasteiger charge is 2.32. The molecule has 0 amide bonds. The molecule has 2 heterocycles. The van der Waals surface area contributed by atoms with Crippen LogP contribution in [0.3, 0.4) is 0 Å². The summed E-state index contributed by atoms with van der Waals surface area (Å²) in [4.78, 5) is 4.51. The molecule has 6 nitrogen and oxygen atoms in total. The molecule has 0 atom stereocenters. The molecule has 1 aliphatic rings. The van der Waals surface area contributed by atoms with Crippen LogP contribution in [0.5, 0.6) is 11.5 Å². The highest BCUT2D eigenvalue weighted by Crippen LogP contribution is 2.39. The topological polar surface area (TPSA) is 69.4 Å². The Labute approximate surface area is 139 Å². The van der Waals surface area contributed by atoms with Gasteiger partial charge in [-0.1, -0.05) is 5.16 Å². The van der Waals surface area contributed by atoms with Crippen LogP contribution in [0.2, 0.25) is 0 Å². The molecule has 0 spiro atoms. The lowest BCUT2D eigenvalue weighted by atomic mass is 9.78. The number of nitrogens with one attached hydrogen (secondary N) is 1. The fourth-order valence-corrected chi connectivity index (χ4v) is 3.22. The van der Waals surface area contributed by atoms with Crippen LogP contribution < -0.4 is 14.8 Å². The summed E-state index contributed by atoms with van der Waals surface area (Å²) < 4.78 is 15.7. The first-order valence-corrected chi connectivity index (χ1v) is 7.96. The van der Waals surface area contributed by atoms with Crippen molar-refractivity contribution in [1.29, 1.82) is 0 Å². The van der Waals surface area contributed by atoms with E-state index < -0.39 is 0 Å². The van der Waals surface area contributed by atoms with Gasteiger partial charge in [0.05, 0.1) is 19.9 Å². The Bertz CT molecular complexity index is 842. The zero-order valence-corrected chi connectivity index (χ0v) is 13.7. The number of methoxy groups -OCH3 is 2. The number of hydrogen-bond acceptors (Lipinski definition) is 6. The quantitative estimate of drug-likeness (QED) is 0.773. The van der Waals surface area contributed by atoms with Crippen molar-refractivity contribution < 1.29 is 14.0 Å². The summed E-state index contributed by atoms with van der Waals surface area (Å²) in [5.41, 5.74) is 1.03. The van der Waals surface area contributed by atoms with E-state index in [2.05, 4.69) is 15.5 Å². The lowest BCUT2D eigenvalue weighted by Gasteiger charge is -2.35. The van der Waals surface area contributed by atoms with Gasteiger partial charge < -0.3 is 19.3 Å². The molecule has 124 valence electrons. The van der Waals surface area contributed by atoms with Crippen molar-refractivity contribution in [2.45, 2.75) is 24.8 Å². The van der Waals surface area contributed by atoms with Gasteiger partial charge in [-0.2, -0.15) is 0 Å². The number of aromatic nitrogens is 2. The van der Waals surface area contributed by atoms with E-state index >= 15 is 0 Å². The molecule has 0 aliphatic heterocycles. The molecule has 1 aromatic carbocycles. The highest BCUT2D eigenvalue weighted by molar-refractivity contribution is 5.94. The largest absolute Gasteiger partial charge is 0.493 e. The smallest absolute Gasteiger partial charge is 0.161 e. The van der Waals surface area contributed by atoms with Crippen LogP contribution in [-0.2, 0) is 0 Å². The molecule has 6 heteroatoms. The summed E-state index contributed by atoms with van der Waals surface area (Å²) in [6, 6.07) is 8.24. The van der Waals surface area contributed by atoms with Gasteiger partial charge in [-0.3, -0.25) is 0 Å². The van der Waals surface area contributed by atoms with Crippen LogP contribution in [-0.4, -0.2) is 30.4 Å². The Hall–Kier alpha value is -2.76. The van der Waals surface area contributed by atoms with Crippen LogP contribution in [0, 0.1) is 0 Å². The monoisotopic (exact) mass is 325 g/mol. The van der Waals surface area contributed by atoms with Crippen molar-refractivity contribution in [3.63, 3.8) is 0 Å². The number of rotatable bonds is 5. The fraction of sp³-hybridized carbons (Fsp3) is 0.333. The Balaban J connectivity index is 1.56. The summed E-state index contributed by atoms with van der Waals surface area (Å²) >= 11 is 0. The average molecular weight is 325 g/mol. The predicted octanol–water partition coefficient (Wildman–Crippen LogP) is 3.60. The number of hydrogen-bond donors (Lipinski definition) is 1. The van der Waals surface area contributed by atoms with Crippen molar-refractivity contribution in [3.8, 4) is 11.5 Å². The third kappa shape index (κ3) is 2.54. The highest BCUT2D eigenvalue weighted by atomic mass is 16.5. The Morgan fingerprint density at radius 2 is 1.92 bits per heavy atom. The van der Waals surface area contributed by atoms with Crippen molar-refractivity contribution >= 4 is 16.6 Å². The van der Waals surface area contributed by atoms with E-state index in [1.807, 2.05) is 30.5 Å². The zero-order chi connectivity index (χ0) is 16.5. The predicted molar refractivity (Wildman–Crippen MR) is 90.7 cm³/mol. The van der Waals surface area contributed by atoms with Crippen LogP contribution in [0.15, 0.2) is 41.2 Å². The van der Waals surface area contributed by atoms with Crippen molar-refractivity contribution in [3.05, 3.63) is 42.4 Å². The van der Waals surface area contributed by atoms with Crippen LogP contribution in [0.1, 0.15) is 24.5 Å². The van der Waals surface area contributed by atoms with Gasteiger partial charge in [0.1, 0.15) is 12.1 Å². The minimum atomic E-state index is 0.387. The molecule has 0 bridgehead atoms. The third-order valence-corrected chi connectivity index (χ3v) is 4.62. The van der Waals surface area contributed by atoms with Crippen molar-refractivity contribution in [2.75, 3.05) is 19.5 Å². The van der Waals surface area contributed by atoms with E-state index in [0.717, 1.165) is 40.9 Å². The second-order valence-electron chi connectivity index (χ2n) is 6.02. The summed E-state index contributed by atoms with van der Waals surface area (Å²) in [5.74, 6) is 2.76. The standard InChI is InChI=1S/C18H19N3O3/c1-22-16-9-11-3-5-19-18(14(11)10-17(16)23-2)20-13-7-12(8-13)15-4-6-24-21-15/h3-6,9-10,12-13H,7-8H2,1-2H3,(H,19,20). The summed E-state index contributed by atoms with van der Waals surface area (Å²) in [6.45, 7) is 0. The van der Waals surface area contributed by atoms with E-state index in [0.29, 0.717) is 17.7 Å². The van der Waals surface area contributed by atoms with Gasteiger partial charge >= 0.3 is 0 Å². The summed E-state index contributed by atoms with van der Waals surface area (Å²) in [6.07, 6.45) is 5.49. The first kappa shape index (κ1) is 14.8. The Morgan fingerprint density at radius 3 is 2.62 bits per heavy atom.